The van der Waals surface area contributed by atoms with Gasteiger partial charge in [0.05, 0.1) is 11.5 Å². The third kappa shape index (κ3) is 5.33. The minimum atomic E-state index is -5.05. The first kappa shape index (κ1) is 30.5. The first-order valence-corrected chi connectivity index (χ1v) is 14.8. The Morgan fingerprint density at radius 3 is 2.07 bits per heavy atom. The largest absolute Gasteiger partial charge is 0.481 e. The molecule has 5 rings (SSSR count). The molecule has 5 nitrogen and oxygen atoms in total. The van der Waals surface area contributed by atoms with E-state index < -0.39 is 40.3 Å². The van der Waals surface area contributed by atoms with E-state index in [9.17, 15) is 37.4 Å². The first-order chi connectivity index (χ1) is 19.5. The summed E-state index contributed by atoms with van der Waals surface area (Å²) in [6.07, 6.45) is -0.939. The molecule has 0 spiro atoms. The molecule has 2 aliphatic carbocycles. The second kappa shape index (κ2) is 10.6. The maximum absolute atomic E-state index is 15.0. The van der Waals surface area contributed by atoms with Crippen LogP contribution in [-0.2, 0) is 39.1 Å². The number of fused-ring (bicyclic) bond motifs is 3. The van der Waals surface area contributed by atoms with E-state index in [-0.39, 0.29) is 17.9 Å². The average molecular weight is 590 g/mol. The van der Waals surface area contributed by atoms with Gasteiger partial charge in [-0.25, -0.2) is 4.39 Å². The molecule has 3 unspecified atom stereocenters. The predicted octanol–water partition coefficient (Wildman–Crippen LogP) is 6.58. The third-order valence-corrected chi connectivity index (χ3v) is 10.1. The van der Waals surface area contributed by atoms with Crippen molar-refractivity contribution >= 4 is 11.9 Å². The van der Waals surface area contributed by atoms with Gasteiger partial charge in [0, 0.05) is 23.9 Å². The van der Waals surface area contributed by atoms with E-state index in [0.29, 0.717) is 70.4 Å². The van der Waals surface area contributed by atoms with Crippen LogP contribution in [0.3, 0.4) is 0 Å². The molecular weight excluding hydrogens is 550 g/mol. The number of nitrogens with zero attached hydrogens (tertiary/aromatic N) is 1. The minimum Gasteiger partial charge on any atom is -0.481 e. The molecule has 2 aromatic rings. The number of benzene rings is 2. The van der Waals surface area contributed by atoms with Gasteiger partial charge in [0.25, 0.3) is 0 Å². The Morgan fingerprint density at radius 1 is 0.905 bits per heavy atom. The molecule has 1 aliphatic heterocycles. The number of aryl methyl sites for hydroxylation is 1. The molecule has 228 valence electrons. The average Bonchev–Trinajstić information content (AvgIpc) is 3.31. The number of carbonyl (C=O) groups is 2. The van der Waals surface area contributed by atoms with Crippen LogP contribution in [0.2, 0.25) is 0 Å². The van der Waals surface area contributed by atoms with Gasteiger partial charge in [0.1, 0.15) is 0 Å². The lowest BCUT2D eigenvalue weighted by Crippen LogP contribution is -2.51. The number of aliphatic carboxylic acids is 1. The van der Waals surface area contributed by atoms with Crippen LogP contribution >= 0.6 is 0 Å². The Balaban J connectivity index is 1.50. The van der Waals surface area contributed by atoms with E-state index in [1.54, 1.807) is 19.9 Å². The van der Waals surface area contributed by atoms with Gasteiger partial charge in [0.15, 0.2) is 0 Å². The molecule has 2 fully saturated rings. The van der Waals surface area contributed by atoms with Gasteiger partial charge in [-0.05, 0) is 100.0 Å². The first-order valence-electron chi connectivity index (χ1n) is 14.8. The molecule has 1 amide bonds. The van der Waals surface area contributed by atoms with Crippen LogP contribution in [0.4, 0.5) is 17.6 Å². The summed E-state index contributed by atoms with van der Waals surface area (Å²) < 4.78 is 55.6. The molecule has 1 saturated carbocycles. The maximum atomic E-state index is 15.0. The Hall–Kier alpha value is -2.94. The fourth-order valence-corrected chi connectivity index (χ4v) is 7.50. The van der Waals surface area contributed by atoms with Crippen molar-refractivity contribution in [2.45, 2.75) is 101 Å². The molecule has 1 heterocycles. The van der Waals surface area contributed by atoms with Crippen LogP contribution in [0.15, 0.2) is 42.5 Å². The highest BCUT2D eigenvalue weighted by atomic mass is 19.4. The van der Waals surface area contributed by atoms with E-state index in [1.165, 1.54) is 12.1 Å². The molecule has 0 bridgehead atoms. The number of amides is 1. The Morgan fingerprint density at radius 2 is 1.50 bits per heavy atom. The Kier molecular flexibility index (Phi) is 7.74. The standard InChI is InChI=1S/C33H39F4NO4/c1-30(2,42)24-11-4-20(5-12-24)19-32-16-17-38(28(39)21-6-8-22(9-7-21)29(40)41)27(32)15-10-23-18-25(13-14-26(23)32)31(3,34)33(35,36)37/h4-5,11-14,18,21-22,27,42H,6-10,15-17,19H2,1-3H3,(H,40,41). The Bertz CT molecular complexity index is 1340. The molecule has 2 N–H and O–H groups in total. The second-order valence-electron chi connectivity index (χ2n) is 13.2. The van der Waals surface area contributed by atoms with Crippen LogP contribution in [0.1, 0.15) is 87.1 Å². The number of carboxylic acids is 1. The lowest BCUT2D eigenvalue weighted by atomic mass is 9.63. The summed E-state index contributed by atoms with van der Waals surface area (Å²) in [4.78, 5) is 27.2. The van der Waals surface area contributed by atoms with Crippen LogP contribution in [0, 0.1) is 11.8 Å². The van der Waals surface area contributed by atoms with E-state index in [2.05, 4.69) is 0 Å². The third-order valence-electron chi connectivity index (χ3n) is 10.1. The zero-order chi connectivity index (χ0) is 30.7. The molecule has 0 radical (unpaired) electrons. The molecule has 9 heteroatoms. The number of carboxylic acid groups (broad SMARTS) is 1. The van der Waals surface area contributed by atoms with Crippen molar-refractivity contribution < 1.29 is 37.4 Å². The molecule has 2 aromatic carbocycles. The SMILES string of the molecule is CC(C)(O)c1ccc(CC23CCN(C(=O)C4CCC(C(=O)O)CC4)C2CCc2cc(C(C)(F)C(F)(F)F)ccc23)cc1. The lowest BCUT2D eigenvalue weighted by Gasteiger charge is -2.45. The van der Waals surface area contributed by atoms with Crippen molar-refractivity contribution in [2.75, 3.05) is 6.54 Å². The zero-order valence-corrected chi connectivity index (χ0v) is 24.3. The highest BCUT2D eigenvalue weighted by Crippen LogP contribution is 2.51. The molecule has 0 aromatic heterocycles. The van der Waals surface area contributed by atoms with Crippen molar-refractivity contribution in [3.8, 4) is 0 Å². The molecule has 42 heavy (non-hydrogen) atoms. The number of rotatable bonds is 6. The van der Waals surface area contributed by atoms with E-state index >= 15 is 0 Å². The number of carbonyl (C=O) groups excluding carboxylic acids is 1. The molecule has 1 saturated heterocycles. The van der Waals surface area contributed by atoms with Crippen molar-refractivity contribution in [2.24, 2.45) is 11.8 Å². The fraction of sp³-hybridized carbons (Fsp3) is 0.576. The summed E-state index contributed by atoms with van der Waals surface area (Å²) in [5, 5.41) is 19.8. The number of alkyl halides is 4. The summed E-state index contributed by atoms with van der Waals surface area (Å²) in [7, 11) is 0. The quantitative estimate of drug-likeness (QED) is 0.373. The molecular formula is C33H39F4NO4. The van der Waals surface area contributed by atoms with Crippen LogP contribution in [0.25, 0.3) is 0 Å². The maximum Gasteiger partial charge on any atom is 0.426 e. The van der Waals surface area contributed by atoms with Crippen molar-refractivity contribution in [3.63, 3.8) is 0 Å². The lowest BCUT2D eigenvalue weighted by molar-refractivity contribution is -0.228. The number of likely N-dealkylation sites (tertiary alicyclic amines) is 1. The van der Waals surface area contributed by atoms with E-state index in [1.807, 2.05) is 29.2 Å². The van der Waals surface area contributed by atoms with Crippen molar-refractivity contribution in [1.29, 1.82) is 0 Å². The monoisotopic (exact) mass is 589 g/mol. The van der Waals surface area contributed by atoms with Gasteiger partial charge in [-0.3, -0.25) is 9.59 Å². The van der Waals surface area contributed by atoms with Crippen LogP contribution < -0.4 is 0 Å². The van der Waals surface area contributed by atoms with Crippen LogP contribution in [-0.4, -0.2) is 45.8 Å². The van der Waals surface area contributed by atoms with Crippen molar-refractivity contribution in [3.05, 3.63) is 70.3 Å². The second-order valence-corrected chi connectivity index (χ2v) is 13.2. The highest BCUT2D eigenvalue weighted by Gasteiger charge is 2.56. The number of aliphatic hydroxyl groups is 1. The summed E-state index contributed by atoms with van der Waals surface area (Å²) >= 11 is 0. The molecule has 3 aliphatic rings. The van der Waals surface area contributed by atoms with E-state index in [0.717, 1.165) is 16.7 Å². The summed E-state index contributed by atoms with van der Waals surface area (Å²) in [5.41, 5.74) is -2.21. The van der Waals surface area contributed by atoms with Gasteiger partial charge in [0.2, 0.25) is 11.6 Å². The predicted molar refractivity (Wildman–Crippen MR) is 150 cm³/mol. The summed E-state index contributed by atoms with van der Waals surface area (Å²) in [6.45, 7) is 4.45. The van der Waals surface area contributed by atoms with Gasteiger partial charge >= 0.3 is 12.1 Å². The van der Waals surface area contributed by atoms with Crippen molar-refractivity contribution in [1.82, 2.24) is 4.90 Å². The number of hydrogen-bond donors (Lipinski definition) is 2. The Labute approximate surface area is 243 Å². The number of halogens is 4. The van der Waals surface area contributed by atoms with Gasteiger partial charge in [-0.15, -0.1) is 0 Å². The topological polar surface area (TPSA) is 77.8 Å². The molecule has 3 atom stereocenters. The van der Waals surface area contributed by atoms with E-state index in [4.69, 9.17) is 0 Å². The fourth-order valence-electron chi connectivity index (χ4n) is 7.50. The normalized spacial score (nSPS) is 27.6. The highest BCUT2D eigenvalue weighted by molar-refractivity contribution is 5.80. The van der Waals surface area contributed by atoms with Gasteiger partial charge in [-0.1, -0.05) is 42.5 Å². The minimum absolute atomic E-state index is 0.0246. The van der Waals surface area contributed by atoms with Gasteiger partial charge < -0.3 is 15.1 Å². The summed E-state index contributed by atoms with van der Waals surface area (Å²) in [6, 6.07) is 11.7. The smallest absolute Gasteiger partial charge is 0.426 e. The number of hydrogen-bond acceptors (Lipinski definition) is 3. The zero-order valence-electron chi connectivity index (χ0n) is 24.3. The van der Waals surface area contributed by atoms with Crippen LogP contribution in [0.5, 0.6) is 0 Å². The summed E-state index contributed by atoms with van der Waals surface area (Å²) in [5.74, 6) is -1.47. The van der Waals surface area contributed by atoms with Gasteiger partial charge in [-0.2, -0.15) is 13.2 Å².